The van der Waals surface area contributed by atoms with E-state index in [1.54, 1.807) is 6.20 Å². The lowest BCUT2D eigenvalue weighted by atomic mass is 9.85. The standard InChI is InChI=1S/C22H22N6O2/c23-9-6-22(7-11-24-12-8-22)28-17-5-10-25-21(30)19(17)20(27-28)26-15-2-3-16-14(13-15)1-4-18(16)29/h2-3,5,10,13,24H,1,4,6-8,11-12H2,(H,25,30)(H,26,27). The number of aryl methyl sites for hydroxylation is 1. The van der Waals surface area contributed by atoms with Crippen LogP contribution in [-0.2, 0) is 12.0 Å². The van der Waals surface area contributed by atoms with E-state index < -0.39 is 5.54 Å². The highest BCUT2D eigenvalue weighted by Crippen LogP contribution is 2.36. The minimum absolute atomic E-state index is 0.173. The highest BCUT2D eigenvalue weighted by atomic mass is 16.1. The Bertz CT molecular complexity index is 1240. The largest absolute Gasteiger partial charge is 0.338 e. The molecule has 0 bridgehead atoms. The third-order valence-electron chi connectivity index (χ3n) is 6.29. The van der Waals surface area contributed by atoms with Gasteiger partial charge in [0.1, 0.15) is 5.39 Å². The minimum Gasteiger partial charge on any atom is -0.338 e. The second-order valence-electron chi connectivity index (χ2n) is 8.06. The zero-order valence-corrected chi connectivity index (χ0v) is 16.5. The lowest BCUT2D eigenvalue weighted by molar-refractivity contribution is 0.0994. The maximum atomic E-state index is 12.7. The highest BCUT2D eigenvalue weighted by molar-refractivity contribution is 6.01. The van der Waals surface area contributed by atoms with Crippen LogP contribution in [0.25, 0.3) is 10.9 Å². The first-order valence-corrected chi connectivity index (χ1v) is 10.2. The fraction of sp³-hybridized carbons (Fsp3) is 0.364. The zero-order chi connectivity index (χ0) is 20.7. The van der Waals surface area contributed by atoms with Gasteiger partial charge in [-0.15, -0.1) is 0 Å². The quantitative estimate of drug-likeness (QED) is 0.618. The Labute approximate surface area is 172 Å². The molecule has 5 rings (SSSR count). The van der Waals surface area contributed by atoms with Gasteiger partial charge in [-0.3, -0.25) is 14.3 Å². The Morgan fingerprint density at radius 2 is 2.03 bits per heavy atom. The van der Waals surface area contributed by atoms with E-state index in [0.717, 1.165) is 54.7 Å². The Hall–Kier alpha value is -3.44. The molecule has 0 saturated carbocycles. The summed E-state index contributed by atoms with van der Waals surface area (Å²) >= 11 is 0. The molecule has 1 aliphatic carbocycles. The third kappa shape index (κ3) is 2.90. The molecule has 3 heterocycles. The summed E-state index contributed by atoms with van der Waals surface area (Å²) in [4.78, 5) is 27.4. The van der Waals surface area contributed by atoms with Crippen molar-refractivity contribution in [3.63, 3.8) is 0 Å². The number of hydrogen-bond donors (Lipinski definition) is 3. The van der Waals surface area contributed by atoms with Gasteiger partial charge < -0.3 is 15.6 Å². The van der Waals surface area contributed by atoms with Crippen molar-refractivity contribution in [3.05, 3.63) is 51.9 Å². The number of nitrogens with one attached hydrogen (secondary N) is 3. The van der Waals surface area contributed by atoms with E-state index >= 15 is 0 Å². The summed E-state index contributed by atoms with van der Waals surface area (Å²) in [5.74, 6) is 0.638. The number of rotatable bonds is 4. The Morgan fingerprint density at radius 3 is 2.83 bits per heavy atom. The van der Waals surface area contributed by atoms with Gasteiger partial charge >= 0.3 is 0 Å². The highest BCUT2D eigenvalue weighted by Gasteiger charge is 2.37. The van der Waals surface area contributed by atoms with E-state index in [2.05, 4.69) is 21.7 Å². The van der Waals surface area contributed by atoms with Crippen LogP contribution in [0.5, 0.6) is 0 Å². The van der Waals surface area contributed by atoms with E-state index in [0.29, 0.717) is 24.0 Å². The van der Waals surface area contributed by atoms with Crippen LogP contribution in [0.1, 0.15) is 41.6 Å². The second kappa shape index (κ2) is 7.11. The van der Waals surface area contributed by atoms with E-state index in [1.807, 2.05) is 28.9 Å². The molecule has 3 N–H and O–H groups in total. The first kappa shape index (κ1) is 18.6. The normalized spacial score (nSPS) is 17.6. The van der Waals surface area contributed by atoms with Gasteiger partial charge in [-0.2, -0.15) is 10.4 Å². The number of anilines is 2. The molecule has 2 aliphatic rings. The molecule has 1 fully saturated rings. The summed E-state index contributed by atoms with van der Waals surface area (Å²) in [5.41, 5.74) is 2.63. The lowest BCUT2D eigenvalue weighted by Gasteiger charge is -2.36. The first-order valence-electron chi connectivity index (χ1n) is 10.2. The number of benzene rings is 1. The van der Waals surface area contributed by atoms with Crippen LogP contribution in [0.2, 0.25) is 0 Å². The predicted octanol–water partition coefficient (Wildman–Crippen LogP) is 2.59. The van der Waals surface area contributed by atoms with E-state index in [-0.39, 0.29) is 11.3 Å². The number of carbonyl (C=O) groups excluding carboxylic acids is 1. The average Bonchev–Trinajstić information content (AvgIpc) is 3.31. The molecule has 8 heteroatoms. The number of nitrogens with zero attached hydrogens (tertiary/aromatic N) is 3. The maximum Gasteiger partial charge on any atom is 0.261 e. The molecule has 30 heavy (non-hydrogen) atoms. The first-order chi connectivity index (χ1) is 14.6. The number of pyridine rings is 1. The van der Waals surface area contributed by atoms with Gasteiger partial charge in [-0.1, -0.05) is 0 Å². The fourth-order valence-electron chi connectivity index (χ4n) is 4.70. The van der Waals surface area contributed by atoms with Crippen LogP contribution in [0, 0.1) is 11.3 Å². The maximum absolute atomic E-state index is 12.7. The molecule has 0 radical (unpaired) electrons. The fourth-order valence-corrected chi connectivity index (χ4v) is 4.70. The van der Waals surface area contributed by atoms with Crippen molar-refractivity contribution in [1.82, 2.24) is 20.1 Å². The number of piperidine rings is 1. The van der Waals surface area contributed by atoms with Crippen LogP contribution in [0.4, 0.5) is 11.5 Å². The van der Waals surface area contributed by atoms with Crippen molar-refractivity contribution in [2.24, 2.45) is 0 Å². The molecule has 0 amide bonds. The van der Waals surface area contributed by atoms with Crippen molar-refractivity contribution >= 4 is 28.2 Å². The number of ketones is 1. The molecular formula is C22H22N6O2. The van der Waals surface area contributed by atoms with Crippen LogP contribution in [0.15, 0.2) is 35.3 Å². The number of aromatic nitrogens is 3. The van der Waals surface area contributed by atoms with Gasteiger partial charge in [-0.05, 0) is 62.2 Å². The molecule has 0 unspecified atom stereocenters. The Kier molecular flexibility index (Phi) is 4.40. The van der Waals surface area contributed by atoms with E-state index in [9.17, 15) is 14.9 Å². The van der Waals surface area contributed by atoms with Crippen LogP contribution < -0.4 is 16.2 Å². The summed E-state index contributed by atoms with van der Waals surface area (Å²) in [6, 6.07) is 9.80. The lowest BCUT2D eigenvalue weighted by Crippen LogP contribution is -2.44. The molecule has 1 aromatic carbocycles. The second-order valence-corrected chi connectivity index (χ2v) is 8.06. The van der Waals surface area contributed by atoms with Crippen molar-refractivity contribution in [1.29, 1.82) is 5.26 Å². The van der Waals surface area contributed by atoms with Crippen LogP contribution in [-0.4, -0.2) is 33.6 Å². The van der Waals surface area contributed by atoms with Gasteiger partial charge in [0.25, 0.3) is 5.56 Å². The minimum atomic E-state index is -0.448. The molecule has 0 atom stereocenters. The van der Waals surface area contributed by atoms with Gasteiger partial charge in [-0.25, -0.2) is 0 Å². The summed E-state index contributed by atoms with van der Waals surface area (Å²) in [6.07, 6.45) is 4.76. The summed E-state index contributed by atoms with van der Waals surface area (Å²) < 4.78 is 1.88. The number of fused-ring (bicyclic) bond motifs is 2. The predicted molar refractivity (Wildman–Crippen MR) is 113 cm³/mol. The molecule has 8 nitrogen and oxygen atoms in total. The molecule has 3 aromatic rings. The number of nitriles is 1. The van der Waals surface area contributed by atoms with Crippen LogP contribution >= 0.6 is 0 Å². The van der Waals surface area contributed by atoms with E-state index in [4.69, 9.17) is 5.10 Å². The summed E-state index contributed by atoms with van der Waals surface area (Å²) in [5, 5.41) is 21.4. The van der Waals surface area contributed by atoms with Crippen molar-refractivity contribution in [2.75, 3.05) is 18.4 Å². The Morgan fingerprint density at radius 1 is 1.20 bits per heavy atom. The molecule has 0 spiro atoms. The van der Waals surface area contributed by atoms with Crippen molar-refractivity contribution < 1.29 is 4.79 Å². The van der Waals surface area contributed by atoms with Crippen molar-refractivity contribution in [3.8, 4) is 6.07 Å². The number of H-pyrrole nitrogens is 1. The summed E-state index contributed by atoms with van der Waals surface area (Å²) in [7, 11) is 0. The molecular weight excluding hydrogens is 380 g/mol. The zero-order valence-electron chi connectivity index (χ0n) is 16.5. The topological polar surface area (TPSA) is 116 Å². The Balaban J connectivity index is 1.62. The number of carbonyl (C=O) groups is 1. The van der Waals surface area contributed by atoms with Crippen molar-refractivity contribution in [2.45, 2.75) is 37.6 Å². The van der Waals surface area contributed by atoms with Gasteiger partial charge in [0.05, 0.1) is 23.5 Å². The van der Waals surface area contributed by atoms with Gasteiger partial charge in [0, 0.05) is 23.9 Å². The number of Topliss-reactive ketones (excluding diaryl/α,β-unsaturated/α-hetero) is 1. The van der Waals surface area contributed by atoms with Gasteiger partial charge in [0.2, 0.25) is 0 Å². The van der Waals surface area contributed by atoms with Crippen LogP contribution in [0.3, 0.4) is 0 Å². The number of hydrogen-bond acceptors (Lipinski definition) is 6. The number of aromatic amines is 1. The molecule has 1 aliphatic heterocycles. The molecule has 2 aromatic heterocycles. The monoisotopic (exact) mass is 402 g/mol. The SMILES string of the molecule is N#CCC1(n2nc(Nc3ccc4c(c3)CCC4=O)c3c(=O)[nH]ccc32)CCNCC1. The molecule has 1 saturated heterocycles. The average molecular weight is 402 g/mol. The summed E-state index contributed by atoms with van der Waals surface area (Å²) in [6.45, 7) is 1.60. The molecule has 152 valence electrons. The third-order valence-corrected chi connectivity index (χ3v) is 6.29. The van der Waals surface area contributed by atoms with E-state index in [1.165, 1.54) is 0 Å². The smallest absolute Gasteiger partial charge is 0.261 e. The van der Waals surface area contributed by atoms with Gasteiger partial charge in [0.15, 0.2) is 11.6 Å².